The first-order valence-electron chi connectivity index (χ1n) is 5.86. The Hall–Kier alpha value is -2.01. The van der Waals surface area contributed by atoms with E-state index >= 15 is 0 Å². The molecule has 0 aliphatic carbocycles. The van der Waals surface area contributed by atoms with Gasteiger partial charge in [0.2, 0.25) is 0 Å². The molecule has 0 bridgehead atoms. The van der Waals surface area contributed by atoms with E-state index in [1.165, 1.54) is 0 Å². The van der Waals surface area contributed by atoms with Crippen molar-refractivity contribution in [3.8, 4) is 0 Å². The first kappa shape index (κ1) is 12.0. The third-order valence-electron chi connectivity index (χ3n) is 2.80. The molecule has 0 amide bonds. The Balaban J connectivity index is 1.80. The number of nitrogens with one attached hydrogen (secondary N) is 1. The molecule has 0 aliphatic rings. The number of nitrogen functional groups attached to an aromatic ring is 1. The molecule has 2 aromatic carbocycles. The molecule has 0 spiro atoms. The summed E-state index contributed by atoms with van der Waals surface area (Å²) in [5, 5.41) is 3.16. The van der Waals surface area contributed by atoms with Gasteiger partial charge in [0, 0.05) is 16.7 Å². The Bertz CT molecular complexity index is 724. The molecule has 4 nitrogen and oxygen atoms in total. The van der Waals surface area contributed by atoms with Gasteiger partial charge in [-0.25, -0.2) is 0 Å². The highest BCUT2D eigenvalue weighted by atomic mass is 79.9. The molecule has 3 N–H and O–H groups in total. The molecule has 1 heterocycles. The van der Waals surface area contributed by atoms with Crippen molar-refractivity contribution in [2.75, 3.05) is 11.1 Å². The number of rotatable bonds is 3. The van der Waals surface area contributed by atoms with Crippen LogP contribution in [-0.4, -0.2) is 4.98 Å². The first-order chi connectivity index (χ1) is 9.22. The Kier molecular flexibility index (Phi) is 3.13. The Morgan fingerprint density at radius 3 is 2.89 bits per heavy atom. The molecule has 0 unspecified atom stereocenters. The summed E-state index contributed by atoms with van der Waals surface area (Å²) in [4.78, 5) is 4.35. The van der Waals surface area contributed by atoms with Gasteiger partial charge >= 0.3 is 0 Å². The monoisotopic (exact) mass is 317 g/mol. The van der Waals surface area contributed by atoms with Crippen LogP contribution in [-0.2, 0) is 6.54 Å². The molecule has 0 radical (unpaired) electrons. The molecule has 19 heavy (non-hydrogen) atoms. The van der Waals surface area contributed by atoms with Crippen molar-refractivity contribution in [1.29, 1.82) is 0 Å². The second kappa shape index (κ2) is 4.93. The van der Waals surface area contributed by atoms with E-state index in [9.17, 15) is 0 Å². The summed E-state index contributed by atoms with van der Waals surface area (Å²) in [6, 6.07) is 13.9. The summed E-state index contributed by atoms with van der Waals surface area (Å²) in [5.41, 5.74) is 9.02. The quantitative estimate of drug-likeness (QED) is 0.721. The molecule has 96 valence electrons. The van der Waals surface area contributed by atoms with Crippen molar-refractivity contribution in [3.05, 3.63) is 52.5 Å². The van der Waals surface area contributed by atoms with Crippen LogP contribution in [0, 0.1) is 0 Å². The third-order valence-corrected chi connectivity index (χ3v) is 3.57. The van der Waals surface area contributed by atoms with Gasteiger partial charge in [0.1, 0.15) is 5.52 Å². The van der Waals surface area contributed by atoms with Crippen LogP contribution in [0.15, 0.2) is 51.4 Å². The standard InChI is InChI=1S/C14H12BrN3O/c15-11-4-2-1-3-9(11)8-17-14-18-12-7-10(16)5-6-13(12)19-14/h1-7H,8,16H2,(H,17,18). The van der Waals surface area contributed by atoms with Gasteiger partial charge in [-0.3, -0.25) is 0 Å². The summed E-state index contributed by atoms with van der Waals surface area (Å²) >= 11 is 3.51. The predicted molar refractivity (Wildman–Crippen MR) is 79.9 cm³/mol. The minimum absolute atomic E-state index is 0.497. The number of halogens is 1. The number of hydrogen-bond acceptors (Lipinski definition) is 4. The molecule has 5 heteroatoms. The number of anilines is 2. The molecule has 0 aliphatic heterocycles. The fraction of sp³-hybridized carbons (Fsp3) is 0.0714. The van der Waals surface area contributed by atoms with E-state index < -0.39 is 0 Å². The van der Waals surface area contributed by atoms with Gasteiger partial charge in [-0.2, -0.15) is 4.98 Å². The maximum absolute atomic E-state index is 5.71. The predicted octanol–water partition coefficient (Wildman–Crippen LogP) is 3.78. The SMILES string of the molecule is Nc1ccc2oc(NCc3ccccc3Br)nc2c1. The molecular weight excluding hydrogens is 306 g/mol. The highest BCUT2D eigenvalue weighted by Crippen LogP contribution is 2.22. The smallest absolute Gasteiger partial charge is 0.295 e. The lowest BCUT2D eigenvalue weighted by atomic mass is 10.2. The molecule has 0 saturated heterocycles. The van der Waals surface area contributed by atoms with Crippen LogP contribution in [0.3, 0.4) is 0 Å². The Morgan fingerprint density at radius 2 is 2.05 bits per heavy atom. The molecule has 0 atom stereocenters. The largest absolute Gasteiger partial charge is 0.424 e. The van der Waals surface area contributed by atoms with E-state index in [0.717, 1.165) is 21.1 Å². The van der Waals surface area contributed by atoms with E-state index in [-0.39, 0.29) is 0 Å². The summed E-state index contributed by atoms with van der Waals surface area (Å²) in [6.45, 7) is 0.643. The minimum Gasteiger partial charge on any atom is -0.424 e. The van der Waals surface area contributed by atoms with Crippen LogP contribution in [0.1, 0.15) is 5.56 Å². The summed E-state index contributed by atoms with van der Waals surface area (Å²) < 4.78 is 6.65. The molecule has 0 saturated carbocycles. The lowest BCUT2D eigenvalue weighted by Crippen LogP contribution is -1.99. The molecule has 0 fully saturated rings. The van der Waals surface area contributed by atoms with Gasteiger partial charge in [0.05, 0.1) is 0 Å². The van der Waals surface area contributed by atoms with E-state index in [1.807, 2.05) is 30.3 Å². The van der Waals surface area contributed by atoms with Crippen molar-refractivity contribution < 1.29 is 4.42 Å². The van der Waals surface area contributed by atoms with Crippen LogP contribution in [0.25, 0.3) is 11.1 Å². The van der Waals surface area contributed by atoms with Gasteiger partial charge in [0.15, 0.2) is 5.58 Å². The van der Waals surface area contributed by atoms with Crippen molar-refractivity contribution in [1.82, 2.24) is 4.98 Å². The molecule has 3 aromatic rings. The zero-order chi connectivity index (χ0) is 13.2. The average molecular weight is 318 g/mol. The van der Waals surface area contributed by atoms with E-state index in [1.54, 1.807) is 12.1 Å². The van der Waals surface area contributed by atoms with Gasteiger partial charge in [-0.15, -0.1) is 0 Å². The van der Waals surface area contributed by atoms with Crippen LogP contribution in [0.4, 0.5) is 11.7 Å². The number of aromatic nitrogens is 1. The maximum atomic E-state index is 5.71. The van der Waals surface area contributed by atoms with Crippen molar-refractivity contribution in [3.63, 3.8) is 0 Å². The topological polar surface area (TPSA) is 64.1 Å². The Labute approximate surface area is 118 Å². The van der Waals surface area contributed by atoms with Gasteiger partial charge in [-0.05, 0) is 29.8 Å². The number of nitrogens with zero attached hydrogens (tertiary/aromatic N) is 1. The van der Waals surface area contributed by atoms with Crippen molar-refractivity contribution in [2.45, 2.75) is 6.54 Å². The van der Waals surface area contributed by atoms with Crippen LogP contribution < -0.4 is 11.1 Å². The van der Waals surface area contributed by atoms with Gasteiger partial charge in [-0.1, -0.05) is 34.1 Å². The van der Waals surface area contributed by atoms with Crippen molar-refractivity contribution >= 4 is 38.7 Å². The van der Waals surface area contributed by atoms with Crippen LogP contribution >= 0.6 is 15.9 Å². The number of oxazole rings is 1. The summed E-state index contributed by atoms with van der Waals surface area (Å²) in [6.07, 6.45) is 0. The maximum Gasteiger partial charge on any atom is 0.295 e. The fourth-order valence-electron chi connectivity index (χ4n) is 1.83. The van der Waals surface area contributed by atoms with E-state index in [4.69, 9.17) is 10.2 Å². The lowest BCUT2D eigenvalue weighted by molar-refractivity contribution is 0.614. The number of benzene rings is 2. The Morgan fingerprint density at radius 1 is 1.21 bits per heavy atom. The number of hydrogen-bond donors (Lipinski definition) is 2. The molecule has 1 aromatic heterocycles. The zero-order valence-corrected chi connectivity index (χ0v) is 11.6. The van der Waals surface area contributed by atoms with Crippen molar-refractivity contribution in [2.24, 2.45) is 0 Å². The van der Waals surface area contributed by atoms with Crippen LogP contribution in [0.5, 0.6) is 0 Å². The summed E-state index contributed by atoms with van der Waals surface area (Å²) in [7, 11) is 0. The van der Waals surface area contributed by atoms with E-state index in [0.29, 0.717) is 18.2 Å². The minimum atomic E-state index is 0.497. The third kappa shape index (κ3) is 2.56. The fourth-order valence-corrected chi connectivity index (χ4v) is 2.26. The van der Waals surface area contributed by atoms with Gasteiger partial charge in [0.25, 0.3) is 6.01 Å². The highest BCUT2D eigenvalue weighted by Gasteiger charge is 2.06. The molecular formula is C14H12BrN3O. The number of fused-ring (bicyclic) bond motifs is 1. The second-order valence-electron chi connectivity index (χ2n) is 4.19. The zero-order valence-electron chi connectivity index (χ0n) is 10.1. The normalized spacial score (nSPS) is 10.8. The van der Waals surface area contributed by atoms with E-state index in [2.05, 4.69) is 26.2 Å². The van der Waals surface area contributed by atoms with Gasteiger partial charge < -0.3 is 15.5 Å². The highest BCUT2D eigenvalue weighted by molar-refractivity contribution is 9.10. The second-order valence-corrected chi connectivity index (χ2v) is 5.05. The lowest BCUT2D eigenvalue weighted by Gasteiger charge is -2.03. The first-order valence-corrected chi connectivity index (χ1v) is 6.65. The molecule has 3 rings (SSSR count). The average Bonchev–Trinajstić information content (AvgIpc) is 2.79. The van der Waals surface area contributed by atoms with Crippen LogP contribution in [0.2, 0.25) is 0 Å². The number of nitrogens with two attached hydrogens (primary N) is 1. The summed E-state index contributed by atoms with van der Waals surface area (Å²) in [5.74, 6) is 0.